The van der Waals surface area contributed by atoms with Crippen molar-refractivity contribution in [2.45, 2.75) is 34.2 Å². The molecule has 0 fully saturated rings. The number of halogens is 1. The van der Waals surface area contributed by atoms with Gasteiger partial charge in [-0.25, -0.2) is 4.39 Å². The van der Waals surface area contributed by atoms with Gasteiger partial charge in [-0.15, -0.1) is 0 Å². The Morgan fingerprint density at radius 3 is 2.40 bits per heavy atom. The molecule has 5 heteroatoms. The second kappa shape index (κ2) is 6.50. The van der Waals surface area contributed by atoms with Gasteiger partial charge >= 0.3 is 0 Å². The van der Waals surface area contributed by atoms with Crippen LogP contribution in [0.1, 0.15) is 31.9 Å². The van der Waals surface area contributed by atoms with E-state index in [-0.39, 0.29) is 30.7 Å². The molecule has 2 N–H and O–H groups in total. The quantitative estimate of drug-likeness (QED) is 0.885. The SMILES string of the molecule is Cc1ccc(CNC(=O)CNC(=O)C(C)(C)C)cc1F. The van der Waals surface area contributed by atoms with Crippen LogP contribution in [0.5, 0.6) is 0 Å². The number of rotatable bonds is 4. The largest absolute Gasteiger partial charge is 0.350 e. The van der Waals surface area contributed by atoms with E-state index in [1.54, 1.807) is 39.8 Å². The predicted octanol–water partition coefficient (Wildman–Crippen LogP) is 1.91. The molecule has 0 atom stereocenters. The van der Waals surface area contributed by atoms with Gasteiger partial charge in [0.15, 0.2) is 0 Å². The number of carbonyl (C=O) groups is 2. The zero-order valence-corrected chi connectivity index (χ0v) is 12.3. The first-order valence-corrected chi connectivity index (χ1v) is 6.50. The van der Waals surface area contributed by atoms with E-state index in [4.69, 9.17) is 0 Å². The Morgan fingerprint density at radius 2 is 1.85 bits per heavy atom. The second-order valence-corrected chi connectivity index (χ2v) is 5.79. The molecule has 0 unspecified atom stereocenters. The number of nitrogens with one attached hydrogen (secondary N) is 2. The molecule has 110 valence electrons. The monoisotopic (exact) mass is 280 g/mol. The Kier molecular flexibility index (Phi) is 5.25. The topological polar surface area (TPSA) is 58.2 Å². The van der Waals surface area contributed by atoms with Crippen LogP contribution >= 0.6 is 0 Å². The molecule has 0 aliphatic rings. The van der Waals surface area contributed by atoms with E-state index in [9.17, 15) is 14.0 Å². The number of amides is 2. The van der Waals surface area contributed by atoms with E-state index in [2.05, 4.69) is 10.6 Å². The molecule has 2 amide bonds. The standard InChI is InChI=1S/C15H21FN2O2/c1-10-5-6-11(7-12(10)16)8-17-13(19)9-18-14(20)15(2,3)4/h5-7H,8-9H2,1-4H3,(H,17,19)(H,18,20). The third kappa shape index (κ3) is 4.99. The summed E-state index contributed by atoms with van der Waals surface area (Å²) in [5, 5.41) is 5.19. The maximum absolute atomic E-state index is 13.3. The summed E-state index contributed by atoms with van der Waals surface area (Å²) in [6.07, 6.45) is 0. The van der Waals surface area contributed by atoms with Crippen molar-refractivity contribution in [2.24, 2.45) is 5.41 Å². The van der Waals surface area contributed by atoms with Crippen molar-refractivity contribution in [3.8, 4) is 0 Å². The minimum Gasteiger partial charge on any atom is -0.350 e. The van der Waals surface area contributed by atoms with Gasteiger partial charge in [-0.1, -0.05) is 32.9 Å². The first-order chi connectivity index (χ1) is 9.20. The van der Waals surface area contributed by atoms with Crippen LogP contribution < -0.4 is 10.6 Å². The molecule has 0 saturated carbocycles. The maximum Gasteiger partial charge on any atom is 0.239 e. The van der Waals surface area contributed by atoms with E-state index in [1.807, 2.05) is 0 Å². The van der Waals surface area contributed by atoms with E-state index in [0.29, 0.717) is 11.1 Å². The maximum atomic E-state index is 13.3. The average Bonchev–Trinajstić information content (AvgIpc) is 2.36. The van der Waals surface area contributed by atoms with Crippen molar-refractivity contribution >= 4 is 11.8 Å². The van der Waals surface area contributed by atoms with E-state index >= 15 is 0 Å². The minimum atomic E-state index is -0.527. The van der Waals surface area contributed by atoms with E-state index in [0.717, 1.165) is 0 Å². The Hall–Kier alpha value is -1.91. The van der Waals surface area contributed by atoms with Gasteiger partial charge in [0.2, 0.25) is 11.8 Å². The lowest BCUT2D eigenvalue weighted by atomic mass is 9.96. The highest BCUT2D eigenvalue weighted by Crippen LogP contribution is 2.12. The van der Waals surface area contributed by atoms with Gasteiger partial charge in [0.1, 0.15) is 5.82 Å². The molecule has 4 nitrogen and oxygen atoms in total. The number of benzene rings is 1. The van der Waals surface area contributed by atoms with Gasteiger partial charge < -0.3 is 10.6 Å². The molecule has 0 aliphatic heterocycles. The lowest BCUT2D eigenvalue weighted by Crippen LogP contribution is -2.41. The van der Waals surface area contributed by atoms with Crippen molar-refractivity contribution in [2.75, 3.05) is 6.54 Å². The number of hydrogen-bond donors (Lipinski definition) is 2. The minimum absolute atomic E-state index is 0.0789. The summed E-state index contributed by atoms with van der Waals surface area (Å²) in [5.41, 5.74) is 0.724. The summed E-state index contributed by atoms with van der Waals surface area (Å²) in [6, 6.07) is 4.81. The molecule has 0 radical (unpaired) electrons. The van der Waals surface area contributed by atoms with Gasteiger partial charge in [0.25, 0.3) is 0 Å². The number of hydrogen-bond acceptors (Lipinski definition) is 2. The van der Waals surface area contributed by atoms with Gasteiger partial charge in [0, 0.05) is 12.0 Å². The van der Waals surface area contributed by atoms with E-state index < -0.39 is 5.41 Å². The summed E-state index contributed by atoms with van der Waals surface area (Å²) < 4.78 is 13.3. The number of aryl methyl sites for hydroxylation is 1. The molecule has 0 aromatic heterocycles. The number of carbonyl (C=O) groups excluding carboxylic acids is 2. The third-order valence-corrected chi connectivity index (χ3v) is 2.82. The summed E-state index contributed by atoms with van der Waals surface area (Å²) in [4.78, 5) is 23.2. The molecule has 0 heterocycles. The molecular weight excluding hydrogens is 259 g/mol. The average molecular weight is 280 g/mol. The van der Waals surface area contributed by atoms with Crippen molar-refractivity contribution in [1.82, 2.24) is 10.6 Å². The first-order valence-electron chi connectivity index (χ1n) is 6.50. The summed E-state index contributed by atoms with van der Waals surface area (Å²) in [5.74, 6) is -0.782. The fourth-order valence-electron chi connectivity index (χ4n) is 1.44. The fourth-order valence-corrected chi connectivity index (χ4v) is 1.44. The Bertz CT molecular complexity index is 507. The van der Waals surface area contributed by atoms with Crippen LogP contribution in [0.4, 0.5) is 4.39 Å². The molecule has 0 bridgehead atoms. The third-order valence-electron chi connectivity index (χ3n) is 2.82. The van der Waals surface area contributed by atoms with Crippen LogP contribution in [0.2, 0.25) is 0 Å². The Labute approximate surface area is 118 Å². The second-order valence-electron chi connectivity index (χ2n) is 5.79. The Balaban J connectivity index is 2.40. The normalized spacial score (nSPS) is 11.1. The van der Waals surface area contributed by atoms with Crippen LogP contribution in [-0.4, -0.2) is 18.4 Å². The van der Waals surface area contributed by atoms with Crippen LogP contribution in [0.15, 0.2) is 18.2 Å². The highest BCUT2D eigenvalue weighted by molar-refractivity contribution is 5.87. The molecule has 0 saturated heterocycles. The molecule has 1 aromatic carbocycles. The van der Waals surface area contributed by atoms with Gasteiger partial charge in [0.05, 0.1) is 6.54 Å². The van der Waals surface area contributed by atoms with Crippen molar-refractivity contribution in [3.05, 3.63) is 35.1 Å². The van der Waals surface area contributed by atoms with Gasteiger partial charge in [-0.2, -0.15) is 0 Å². The lowest BCUT2D eigenvalue weighted by Gasteiger charge is -2.17. The molecule has 0 aliphatic carbocycles. The van der Waals surface area contributed by atoms with Crippen molar-refractivity contribution in [3.63, 3.8) is 0 Å². The molecule has 20 heavy (non-hydrogen) atoms. The van der Waals surface area contributed by atoms with E-state index in [1.165, 1.54) is 6.07 Å². The van der Waals surface area contributed by atoms with Gasteiger partial charge in [-0.3, -0.25) is 9.59 Å². The smallest absolute Gasteiger partial charge is 0.239 e. The van der Waals surface area contributed by atoms with Crippen LogP contribution in [0.3, 0.4) is 0 Å². The summed E-state index contributed by atoms with van der Waals surface area (Å²) in [6.45, 7) is 7.16. The van der Waals surface area contributed by atoms with Crippen LogP contribution in [0.25, 0.3) is 0 Å². The van der Waals surface area contributed by atoms with Crippen LogP contribution in [0, 0.1) is 18.2 Å². The van der Waals surface area contributed by atoms with Crippen molar-refractivity contribution < 1.29 is 14.0 Å². The highest BCUT2D eigenvalue weighted by atomic mass is 19.1. The zero-order chi connectivity index (χ0) is 15.3. The lowest BCUT2D eigenvalue weighted by molar-refractivity contribution is -0.131. The first kappa shape index (κ1) is 16.1. The van der Waals surface area contributed by atoms with Gasteiger partial charge in [-0.05, 0) is 24.1 Å². The molecule has 1 aromatic rings. The van der Waals surface area contributed by atoms with Crippen molar-refractivity contribution in [1.29, 1.82) is 0 Å². The fraction of sp³-hybridized carbons (Fsp3) is 0.467. The summed E-state index contributed by atoms with van der Waals surface area (Å²) >= 11 is 0. The molecular formula is C15H21FN2O2. The molecule has 1 rings (SSSR count). The van der Waals surface area contributed by atoms with Crippen LogP contribution in [-0.2, 0) is 16.1 Å². The predicted molar refractivity (Wildman–Crippen MR) is 75.4 cm³/mol. The highest BCUT2D eigenvalue weighted by Gasteiger charge is 2.21. The summed E-state index contributed by atoms with van der Waals surface area (Å²) in [7, 11) is 0. The zero-order valence-electron chi connectivity index (χ0n) is 12.3. The molecule has 0 spiro atoms. The Morgan fingerprint density at radius 1 is 1.20 bits per heavy atom.